The van der Waals surface area contributed by atoms with Crippen molar-refractivity contribution in [2.75, 3.05) is 19.8 Å². The van der Waals surface area contributed by atoms with Gasteiger partial charge in [-0.15, -0.1) is 11.6 Å². The van der Waals surface area contributed by atoms with Gasteiger partial charge in [0.25, 0.3) is 0 Å². The number of rotatable bonds is 8. The monoisotopic (exact) mass is 244 g/mol. The summed E-state index contributed by atoms with van der Waals surface area (Å²) in [5.41, 5.74) is -0.593. The summed E-state index contributed by atoms with van der Waals surface area (Å²) in [6.45, 7) is 7.18. The van der Waals surface area contributed by atoms with Gasteiger partial charge in [0.05, 0.1) is 0 Å². The molecule has 0 bridgehead atoms. The maximum absolute atomic E-state index is 6.03. The van der Waals surface area contributed by atoms with E-state index < -0.39 is 17.2 Å². The molecule has 0 aliphatic rings. The van der Waals surface area contributed by atoms with Crippen LogP contribution in [0.25, 0.3) is 0 Å². The summed E-state index contributed by atoms with van der Waals surface area (Å²) >= 11 is 11.9. The fourth-order valence-electron chi connectivity index (χ4n) is 0.935. The average molecular weight is 245 g/mol. The molecular weight excluding hydrogens is 227 g/mol. The second-order valence-electron chi connectivity index (χ2n) is 2.53. The molecule has 0 fully saturated rings. The van der Waals surface area contributed by atoms with E-state index in [1.165, 1.54) is 0 Å². The highest BCUT2D eigenvalue weighted by Crippen LogP contribution is 2.18. The fraction of sp³-hybridized carbons (Fsp3) is 1.00. The lowest BCUT2D eigenvalue weighted by Crippen LogP contribution is -2.35. The number of hydrogen-bond donors (Lipinski definition) is 0. The summed E-state index contributed by atoms with van der Waals surface area (Å²) in [6, 6.07) is 0. The SMILES string of the molecule is CCOC(Cl)C(Cl)C(OCC)OCC. The van der Waals surface area contributed by atoms with E-state index >= 15 is 0 Å². The highest BCUT2D eigenvalue weighted by Gasteiger charge is 2.27. The van der Waals surface area contributed by atoms with Gasteiger partial charge in [-0.05, 0) is 20.8 Å². The Morgan fingerprint density at radius 3 is 1.64 bits per heavy atom. The van der Waals surface area contributed by atoms with Crippen LogP contribution in [0.4, 0.5) is 0 Å². The van der Waals surface area contributed by atoms with Gasteiger partial charge in [0, 0.05) is 19.8 Å². The first-order valence-electron chi connectivity index (χ1n) is 4.80. The molecule has 0 saturated heterocycles. The van der Waals surface area contributed by atoms with Crippen LogP contribution in [0.2, 0.25) is 0 Å². The Kier molecular flexibility index (Phi) is 9.03. The van der Waals surface area contributed by atoms with E-state index in [0.717, 1.165) is 0 Å². The Morgan fingerprint density at radius 1 is 0.857 bits per heavy atom. The zero-order chi connectivity index (χ0) is 11.0. The van der Waals surface area contributed by atoms with E-state index in [0.29, 0.717) is 19.8 Å². The Balaban J connectivity index is 4.03. The summed E-state index contributed by atoms with van der Waals surface area (Å²) in [7, 11) is 0. The molecule has 0 N–H and O–H groups in total. The molecule has 5 heteroatoms. The molecular formula is C9H18Cl2O3. The molecule has 2 atom stereocenters. The Bertz CT molecular complexity index is 129. The van der Waals surface area contributed by atoms with Gasteiger partial charge >= 0.3 is 0 Å². The van der Waals surface area contributed by atoms with Gasteiger partial charge in [-0.3, -0.25) is 0 Å². The molecule has 0 radical (unpaired) electrons. The zero-order valence-corrected chi connectivity index (χ0v) is 10.3. The second kappa shape index (κ2) is 8.74. The van der Waals surface area contributed by atoms with Crippen LogP contribution in [-0.2, 0) is 14.2 Å². The largest absolute Gasteiger partial charge is 0.361 e. The summed E-state index contributed by atoms with van der Waals surface area (Å²) in [5.74, 6) is 0. The van der Waals surface area contributed by atoms with E-state index in [9.17, 15) is 0 Å². The quantitative estimate of drug-likeness (QED) is 0.486. The van der Waals surface area contributed by atoms with E-state index in [-0.39, 0.29) is 0 Å². The Hall–Kier alpha value is 0.460. The summed E-state index contributed by atoms with van der Waals surface area (Å²) in [4.78, 5) is 0. The van der Waals surface area contributed by atoms with Crippen molar-refractivity contribution in [1.29, 1.82) is 0 Å². The van der Waals surface area contributed by atoms with Crippen LogP contribution in [0.15, 0.2) is 0 Å². The molecule has 0 aliphatic carbocycles. The van der Waals surface area contributed by atoms with Gasteiger partial charge in [0.2, 0.25) is 0 Å². The normalized spacial score (nSPS) is 15.9. The van der Waals surface area contributed by atoms with Crippen molar-refractivity contribution in [3.05, 3.63) is 0 Å². The predicted octanol–water partition coefficient (Wildman–Crippen LogP) is 2.59. The van der Waals surface area contributed by atoms with Crippen molar-refractivity contribution in [1.82, 2.24) is 0 Å². The number of halogens is 2. The molecule has 0 spiro atoms. The van der Waals surface area contributed by atoms with Crippen molar-refractivity contribution >= 4 is 23.2 Å². The third-order valence-corrected chi connectivity index (χ3v) is 2.46. The zero-order valence-electron chi connectivity index (χ0n) is 8.83. The van der Waals surface area contributed by atoms with E-state index in [1.807, 2.05) is 20.8 Å². The minimum absolute atomic E-state index is 0.503. The smallest absolute Gasteiger partial charge is 0.177 e. The van der Waals surface area contributed by atoms with Crippen molar-refractivity contribution < 1.29 is 14.2 Å². The maximum Gasteiger partial charge on any atom is 0.177 e. The maximum atomic E-state index is 6.03. The van der Waals surface area contributed by atoms with Gasteiger partial charge in [-0.1, -0.05) is 11.6 Å². The molecule has 0 aromatic rings. The highest BCUT2D eigenvalue weighted by molar-refractivity contribution is 6.29. The molecule has 0 rings (SSSR count). The van der Waals surface area contributed by atoms with Crippen molar-refractivity contribution in [2.24, 2.45) is 0 Å². The summed E-state index contributed by atoms with van der Waals surface area (Å²) < 4.78 is 15.7. The number of ether oxygens (including phenoxy) is 3. The van der Waals surface area contributed by atoms with Crippen LogP contribution in [0.1, 0.15) is 20.8 Å². The topological polar surface area (TPSA) is 27.7 Å². The predicted molar refractivity (Wildman–Crippen MR) is 57.9 cm³/mol. The lowest BCUT2D eigenvalue weighted by atomic mass is 10.4. The third-order valence-electron chi connectivity index (χ3n) is 1.50. The van der Waals surface area contributed by atoms with Gasteiger partial charge in [-0.2, -0.15) is 0 Å². The highest BCUT2D eigenvalue weighted by atomic mass is 35.5. The van der Waals surface area contributed by atoms with Crippen molar-refractivity contribution in [2.45, 2.75) is 38.0 Å². The van der Waals surface area contributed by atoms with Crippen LogP contribution < -0.4 is 0 Å². The first kappa shape index (κ1) is 14.5. The molecule has 0 aliphatic heterocycles. The molecule has 14 heavy (non-hydrogen) atoms. The molecule has 0 aromatic heterocycles. The standard InChI is InChI=1S/C9H18Cl2O3/c1-4-12-8(11)7(10)9(13-5-2)14-6-3/h7-9H,4-6H2,1-3H3. The summed E-state index contributed by atoms with van der Waals surface area (Å²) in [6.07, 6.45) is -0.513. The van der Waals surface area contributed by atoms with E-state index in [4.69, 9.17) is 37.4 Å². The summed E-state index contributed by atoms with van der Waals surface area (Å²) in [5, 5.41) is -0.503. The van der Waals surface area contributed by atoms with Gasteiger partial charge < -0.3 is 14.2 Å². The molecule has 3 nitrogen and oxygen atoms in total. The number of hydrogen-bond acceptors (Lipinski definition) is 3. The molecule has 2 unspecified atom stereocenters. The lowest BCUT2D eigenvalue weighted by molar-refractivity contribution is -0.146. The van der Waals surface area contributed by atoms with Crippen molar-refractivity contribution in [3.8, 4) is 0 Å². The fourth-order valence-corrected chi connectivity index (χ4v) is 1.40. The first-order valence-corrected chi connectivity index (χ1v) is 5.67. The third kappa shape index (κ3) is 5.37. The Labute approximate surface area is 95.6 Å². The Morgan fingerprint density at radius 2 is 1.29 bits per heavy atom. The van der Waals surface area contributed by atoms with Gasteiger partial charge in [0.15, 0.2) is 11.9 Å². The van der Waals surface area contributed by atoms with Crippen LogP contribution in [0.5, 0.6) is 0 Å². The minimum Gasteiger partial charge on any atom is -0.361 e. The average Bonchev–Trinajstić information content (AvgIpc) is 2.17. The van der Waals surface area contributed by atoms with Crippen LogP contribution >= 0.6 is 23.2 Å². The minimum atomic E-state index is -0.593. The van der Waals surface area contributed by atoms with E-state index in [2.05, 4.69) is 0 Å². The van der Waals surface area contributed by atoms with Crippen LogP contribution in [0, 0.1) is 0 Å². The lowest BCUT2D eigenvalue weighted by Gasteiger charge is -2.24. The van der Waals surface area contributed by atoms with Crippen molar-refractivity contribution in [3.63, 3.8) is 0 Å². The van der Waals surface area contributed by atoms with Gasteiger partial charge in [0.1, 0.15) is 5.38 Å². The molecule has 0 saturated carbocycles. The molecule has 0 heterocycles. The van der Waals surface area contributed by atoms with Crippen LogP contribution in [0.3, 0.4) is 0 Å². The first-order chi connectivity index (χ1) is 6.67. The van der Waals surface area contributed by atoms with Gasteiger partial charge in [-0.25, -0.2) is 0 Å². The van der Waals surface area contributed by atoms with E-state index in [1.54, 1.807) is 0 Å². The molecule has 86 valence electrons. The molecule has 0 aromatic carbocycles. The number of alkyl halides is 2. The van der Waals surface area contributed by atoms with Crippen LogP contribution in [-0.4, -0.2) is 37.1 Å². The second-order valence-corrected chi connectivity index (χ2v) is 3.46. The molecule has 0 amide bonds.